The third kappa shape index (κ3) is 3.93. The van der Waals surface area contributed by atoms with Crippen molar-refractivity contribution < 1.29 is 19.8 Å². The molecule has 23 heavy (non-hydrogen) atoms. The molecular formula is C15H18N4O4. The van der Waals surface area contributed by atoms with Gasteiger partial charge in [0, 0.05) is 26.0 Å². The Morgan fingerprint density at radius 1 is 1.13 bits per heavy atom. The van der Waals surface area contributed by atoms with Gasteiger partial charge in [-0.05, 0) is 23.8 Å². The van der Waals surface area contributed by atoms with Gasteiger partial charge in [-0.2, -0.15) is 5.10 Å². The van der Waals surface area contributed by atoms with Crippen LogP contribution in [0.2, 0.25) is 0 Å². The molecule has 0 aliphatic carbocycles. The molecule has 2 atom stereocenters. The quantitative estimate of drug-likeness (QED) is 0.610. The minimum atomic E-state index is -1.85. The number of carbonyl (C=O) groups excluding carboxylic acids is 2. The van der Waals surface area contributed by atoms with E-state index in [2.05, 4.69) is 15.5 Å². The Hall–Kier alpha value is -2.71. The summed E-state index contributed by atoms with van der Waals surface area (Å²) in [5, 5.41) is 28.5. The van der Waals surface area contributed by atoms with Crippen LogP contribution < -0.4 is 5.32 Å². The Morgan fingerprint density at radius 3 is 2.30 bits per heavy atom. The number of aliphatic hydroxyl groups excluding tert-OH is 2. The summed E-state index contributed by atoms with van der Waals surface area (Å²) in [7, 11) is 2.84. The van der Waals surface area contributed by atoms with Crippen molar-refractivity contribution in [3.8, 4) is 11.3 Å². The molecule has 122 valence electrons. The van der Waals surface area contributed by atoms with Gasteiger partial charge in [0.15, 0.2) is 12.2 Å². The van der Waals surface area contributed by atoms with E-state index in [1.807, 2.05) is 0 Å². The van der Waals surface area contributed by atoms with Crippen molar-refractivity contribution in [2.75, 3.05) is 19.4 Å². The lowest BCUT2D eigenvalue weighted by molar-refractivity contribution is -0.149. The average molecular weight is 318 g/mol. The third-order valence-corrected chi connectivity index (χ3v) is 3.23. The molecule has 1 aromatic heterocycles. The maximum atomic E-state index is 11.9. The van der Waals surface area contributed by atoms with Crippen LogP contribution >= 0.6 is 0 Å². The van der Waals surface area contributed by atoms with Crippen LogP contribution in [0.15, 0.2) is 36.5 Å². The van der Waals surface area contributed by atoms with Gasteiger partial charge >= 0.3 is 0 Å². The highest BCUT2D eigenvalue weighted by Crippen LogP contribution is 2.19. The van der Waals surface area contributed by atoms with Crippen molar-refractivity contribution in [1.82, 2.24) is 15.1 Å². The fourth-order valence-corrected chi connectivity index (χ4v) is 1.91. The molecule has 2 rings (SSSR count). The Labute approximate surface area is 132 Å². The fraction of sp³-hybridized carbons (Fsp3) is 0.267. The topological polar surface area (TPSA) is 119 Å². The van der Waals surface area contributed by atoms with Crippen LogP contribution in [-0.2, 0) is 9.59 Å². The molecule has 0 aliphatic rings. The van der Waals surface area contributed by atoms with Gasteiger partial charge in [-0.3, -0.25) is 14.7 Å². The number of aromatic nitrogens is 2. The van der Waals surface area contributed by atoms with Gasteiger partial charge < -0.3 is 20.4 Å². The number of likely N-dealkylation sites (N-methyl/N-ethyl adjacent to an activating group) is 1. The molecule has 0 saturated carbocycles. The van der Waals surface area contributed by atoms with Gasteiger partial charge in [0.1, 0.15) is 0 Å². The molecule has 2 amide bonds. The summed E-state index contributed by atoms with van der Waals surface area (Å²) in [4.78, 5) is 24.5. The second kappa shape index (κ2) is 7.03. The smallest absolute Gasteiger partial charge is 0.256 e. The number of nitrogens with one attached hydrogen (secondary N) is 2. The molecule has 0 radical (unpaired) electrons. The van der Waals surface area contributed by atoms with Crippen molar-refractivity contribution in [1.29, 1.82) is 0 Å². The lowest BCUT2D eigenvalue weighted by Gasteiger charge is -2.20. The minimum Gasteiger partial charge on any atom is -0.380 e. The van der Waals surface area contributed by atoms with E-state index in [0.717, 1.165) is 16.2 Å². The average Bonchev–Trinajstić information content (AvgIpc) is 3.07. The lowest BCUT2D eigenvalue weighted by Crippen LogP contribution is -2.47. The van der Waals surface area contributed by atoms with Crippen molar-refractivity contribution in [3.05, 3.63) is 36.5 Å². The summed E-state index contributed by atoms with van der Waals surface area (Å²) < 4.78 is 0. The predicted molar refractivity (Wildman–Crippen MR) is 83.4 cm³/mol. The second-order valence-electron chi connectivity index (χ2n) is 5.16. The molecule has 0 fully saturated rings. The zero-order chi connectivity index (χ0) is 17.0. The number of benzene rings is 1. The van der Waals surface area contributed by atoms with E-state index < -0.39 is 24.0 Å². The molecule has 8 nitrogen and oxygen atoms in total. The number of hydrogen-bond donors (Lipinski definition) is 4. The molecule has 8 heteroatoms. The first-order valence-corrected chi connectivity index (χ1v) is 6.88. The van der Waals surface area contributed by atoms with Crippen LogP contribution in [0.1, 0.15) is 0 Å². The molecule has 2 aromatic rings. The summed E-state index contributed by atoms with van der Waals surface area (Å²) in [6, 6.07) is 8.61. The standard InChI is InChI=1S/C15H18N4O4/c1-19(2)15(23)13(21)12(20)14(22)17-10-5-3-9(4-6-10)11-7-8-16-18-11/h3-8,12-13,20-21H,1-2H3,(H,16,18)(H,17,22)/t12-,13-/m1/s1. The Kier molecular flexibility index (Phi) is 5.09. The molecule has 0 saturated heterocycles. The number of carbonyl (C=O) groups is 2. The maximum Gasteiger partial charge on any atom is 0.256 e. The Balaban J connectivity index is 2.01. The number of amides is 2. The van der Waals surface area contributed by atoms with Gasteiger partial charge in [0.05, 0.1) is 5.69 Å². The number of hydrogen-bond acceptors (Lipinski definition) is 5. The second-order valence-corrected chi connectivity index (χ2v) is 5.16. The van der Waals surface area contributed by atoms with Crippen molar-refractivity contribution in [3.63, 3.8) is 0 Å². The van der Waals surface area contributed by atoms with E-state index >= 15 is 0 Å². The highest BCUT2D eigenvalue weighted by atomic mass is 16.3. The number of nitrogens with zero attached hydrogens (tertiary/aromatic N) is 2. The fourth-order valence-electron chi connectivity index (χ4n) is 1.91. The van der Waals surface area contributed by atoms with Gasteiger partial charge in [0.25, 0.3) is 11.8 Å². The third-order valence-electron chi connectivity index (χ3n) is 3.23. The SMILES string of the molecule is CN(C)C(=O)[C@H](O)[C@@H](O)C(=O)Nc1ccc(-c2ccn[nH]2)cc1. The molecule has 0 bridgehead atoms. The van der Waals surface area contributed by atoms with Crippen LogP contribution in [0.25, 0.3) is 11.3 Å². The zero-order valence-electron chi connectivity index (χ0n) is 12.7. The number of rotatable bonds is 5. The van der Waals surface area contributed by atoms with Gasteiger partial charge in [-0.25, -0.2) is 0 Å². The largest absolute Gasteiger partial charge is 0.380 e. The van der Waals surface area contributed by atoms with Crippen LogP contribution in [0.3, 0.4) is 0 Å². The van der Waals surface area contributed by atoms with Crippen LogP contribution in [0.4, 0.5) is 5.69 Å². The van der Waals surface area contributed by atoms with Crippen LogP contribution in [0, 0.1) is 0 Å². The summed E-state index contributed by atoms with van der Waals surface area (Å²) in [6.45, 7) is 0. The van der Waals surface area contributed by atoms with E-state index in [-0.39, 0.29) is 0 Å². The van der Waals surface area contributed by atoms with Crippen LogP contribution in [0.5, 0.6) is 0 Å². The highest BCUT2D eigenvalue weighted by Gasteiger charge is 2.31. The Morgan fingerprint density at radius 2 is 1.78 bits per heavy atom. The van der Waals surface area contributed by atoms with Gasteiger partial charge in [0.2, 0.25) is 0 Å². The van der Waals surface area contributed by atoms with Gasteiger partial charge in [-0.15, -0.1) is 0 Å². The van der Waals surface area contributed by atoms with Crippen molar-refractivity contribution in [2.45, 2.75) is 12.2 Å². The van der Waals surface area contributed by atoms with E-state index in [4.69, 9.17) is 0 Å². The summed E-state index contributed by atoms with van der Waals surface area (Å²) in [5.41, 5.74) is 2.14. The number of H-pyrrole nitrogens is 1. The summed E-state index contributed by atoms with van der Waals surface area (Å²) in [5.74, 6) is -1.61. The normalized spacial score (nSPS) is 13.2. The summed E-state index contributed by atoms with van der Waals surface area (Å²) in [6.07, 6.45) is -2.03. The number of aromatic amines is 1. The molecular weight excluding hydrogens is 300 g/mol. The molecule has 0 spiro atoms. The number of anilines is 1. The molecule has 0 unspecified atom stereocenters. The monoisotopic (exact) mass is 318 g/mol. The zero-order valence-corrected chi connectivity index (χ0v) is 12.7. The first kappa shape index (κ1) is 16.7. The van der Waals surface area contributed by atoms with E-state index in [1.165, 1.54) is 14.1 Å². The van der Waals surface area contributed by atoms with E-state index in [0.29, 0.717) is 5.69 Å². The Bertz CT molecular complexity index is 667. The lowest BCUT2D eigenvalue weighted by atomic mass is 10.1. The molecule has 1 heterocycles. The minimum absolute atomic E-state index is 0.432. The molecule has 1 aromatic carbocycles. The summed E-state index contributed by atoms with van der Waals surface area (Å²) >= 11 is 0. The maximum absolute atomic E-state index is 11.9. The highest BCUT2D eigenvalue weighted by molar-refractivity contribution is 5.98. The number of aliphatic hydroxyl groups is 2. The van der Waals surface area contributed by atoms with E-state index in [9.17, 15) is 19.8 Å². The van der Waals surface area contributed by atoms with Crippen molar-refractivity contribution >= 4 is 17.5 Å². The van der Waals surface area contributed by atoms with Crippen molar-refractivity contribution in [2.24, 2.45) is 0 Å². The van der Waals surface area contributed by atoms with Crippen LogP contribution in [-0.4, -0.2) is 63.4 Å². The first-order valence-electron chi connectivity index (χ1n) is 6.88. The van der Waals surface area contributed by atoms with Gasteiger partial charge in [-0.1, -0.05) is 12.1 Å². The molecule has 0 aliphatic heterocycles. The van der Waals surface area contributed by atoms with E-state index in [1.54, 1.807) is 36.5 Å². The molecule has 4 N–H and O–H groups in total. The predicted octanol–water partition coefficient (Wildman–Crippen LogP) is -0.175. The first-order chi connectivity index (χ1) is 10.9.